The topological polar surface area (TPSA) is 98.7 Å². The van der Waals surface area contributed by atoms with Crippen LogP contribution in [0.2, 0.25) is 0 Å². The summed E-state index contributed by atoms with van der Waals surface area (Å²) in [7, 11) is 1.45. The first-order valence-corrected chi connectivity index (χ1v) is 12.0. The van der Waals surface area contributed by atoms with Crippen LogP contribution in [-0.4, -0.2) is 38.3 Å². The Labute approximate surface area is 215 Å². The average molecular weight is 552 g/mol. The smallest absolute Gasteiger partial charge is 0.273 e. The van der Waals surface area contributed by atoms with Gasteiger partial charge in [-0.15, -0.1) is 0 Å². The third-order valence-electron chi connectivity index (χ3n) is 6.41. The van der Waals surface area contributed by atoms with Crippen molar-refractivity contribution < 1.29 is 24.1 Å². The summed E-state index contributed by atoms with van der Waals surface area (Å²) in [6, 6.07) is 12.3. The van der Waals surface area contributed by atoms with Crippen molar-refractivity contribution in [2.24, 2.45) is 0 Å². The Kier molecular flexibility index (Phi) is 5.96. The zero-order valence-electron chi connectivity index (χ0n) is 19.8. The van der Waals surface area contributed by atoms with E-state index < -0.39 is 6.04 Å². The third kappa shape index (κ3) is 3.89. The molecule has 0 spiro atoms. The minimum Gasteiger partial charge on any atom is -0.507 e. The van der Waals surface area contributed by atoms with Crippen molar-refractivity contribution in [3.05, 3.63) is 92.3 Å². The van der Waals surface area contributed by atoms with E-state index >= 15 is 0 Å². The normalized spacial score (nSPS) is 14.9. The molecule has 184 valence electrons. The summed E-state index contributed by atoms with van der Waals surface area (Å²) in [6.07, 6.45) is 0. The standard InChI is InChI=1S/C27H23BrFN3O4/c1-13-8-14(2)21(19(33)9-13)23-22-24(31-30-23)27(35)32(12-15-4-6-17(29)7-5-15)25(22)16-10-18(28)26(34)20(11-16)36-3/h4-11,25,33-34H,12H2,1-3H3,(H,30,31). The van der Waals surface area contributed by atoms with Crippen LogP contribution in [0.3, 0.4) is 0 Å². The van der Waals surface area contributed by atoms with Gasteiger partial charge in [0, 0.05) is 17.7 Å². The van der Waals surface area contributed by atoms with Crippen molar-refractivity contribution in [2.75, 3.05) is 7.11 Å². The Bertz CT molecular complexity index is 1480. The quantitative estimate of drug-likeness (QED) is 0.293. The van der Waals surface area contributed by atoms with Gasteiger partial charge in [-0.25, -0.2) is 4.39 Å². The Balaban J connectivity index is 1.72. The predicted octanol–water partition coefficient (Wildman–Crippen LogP) is 5.76. The number of methoxy groups -OCH3 is 1. The number of amides is 1. The van der Waals surface area contributed by atoms with Crippen LogP contribution >= 0.6 is 15.9 Å². The Morgan fingerprint density at radius 2 is 1.86 bits per heavy atom. The first kappa shape index (κ1) is 23.9. The van der Waals surface area contributed by atoms with Crippen molar-refractivity contribution >= 4 is 21.8 Å². The summed E-state index contributed by atoms with van der Waals surface area (Å²) in [5.74, 6) is -0.408. The number of nitrogens with one attached hydrogen (secondary N) is 1. The molecule has 0 saturated carbocycles. The summed E-state index contributed by atoms with van der Waals surface area (Å²) in [5.41, 5.74) is 5.02. The Morgan fingerprint density at radius 1 is 1.14 bits per heavy atom. The molecule has 3 N–H and O–H groups in total. The van der Waals surface area contributed by atoms with Crippen LogP contribution in [0, 0.1) is 19.7 Å². The maximum atomic E-state index is 13.7. The molecule has 1 aliphatic rings. The SMILES string of the molecule is COc1cc(C2c3c(-c4c(C)cc(C)cc4O)n[nH]c3C(=O)N2Cc2ccc(F)cc2)cc(Br)c1O. The number of carbonyl (C=O) groups is 1. The van der Waals surface area contributed by atoms with Gasteiger partial charge >= 0.3 is 0 Å². The first-order valence-electron chi connectivity index (χ1n) is 11.2. The number of benzene rings is 3. The molecule has 36 heavy (non-hydrogen) atoms. The molecule has 0 fully saturated rings. The summed E-state index contributed by atoms with van der Waals surface area (Å²) < 4.78 is 19.3. The molecule has 7 nitrogen and oxygen atoms in total. The summed E-state index contributed by atoms with van der Waals surface area (Å²) in [5, 5.41) is 28.6. The number of hydrogen-bond acceptors (Lipinski definition) is 5. The number of hydrogen-bond donors (Lipinski definition) is 3. The van der Waals surface area contributed by atoms with Gasteiger partial charge in [0.05, 0.1) is 17.6 Å². The number of ether oxygens (including phenoxy) is 1. The first-order chi connectivity index (χ1) is 17.2. The highest BCUT2D eigenvalue weighted by Crippen LogP contribution is 2.48. The zero-order valence-corrected chi connectivity index (χ0v) is 21.4. The maximum Gasteiger partial charge on any atom is 0.273 e. The molecule has 9 heteroatoms. The zero-order chi connectivity index (χ0) is 25.7. The van der Waals surface area contributed by atoms with Gasteiger partial charge in [0.1, 0.15) is 23.0 Å². The highest BCUT2D eigenvalue weighted by molar-refractivity contribution is 9.10. The molecule has 1 aliphatic heterocycles. The molecule has 5 rings (SSSR count). The molecule has 0 radical (unpaired) electrons. The second-order valence-electron chi connectivity index (χ2n) is 8.85. The van der Waals surface area contributed by atoms with E-state index in [2.05, 4.69) is 26.1 Å². The molecule has 1 amide bonds. The minimum atomic E-state index is -0.628. The van der Waals surface area contributed by atoms with E-state index in [4.69, 9.17) is 4.74 Å². The van der Waals surface area contributed by atoms with Crippen LogP contribution in [0.15, 0.2) is 53.0 Å². The van der Waals surface area contributed by atoms with Crippen molar-refractivity contribution in [3.8, 4) is 28.5 Å². The van der Waals surface area contributed by atoms with Crippen molar-refractivity contribution in [1.82, 2.24) is 15.1 Å². The number of aromatic hydroxyl groups is 2. The predicted molar refractivity (Wildman–Crippen MR) is 136 cm³/mol. The molecule has 0 aliphatic carbocycles. The van der Waals surface area contributed by atoms with Crippen LogP contribution in [0.4, 0.5) is 4.39 Å². The fourth-order valence-corrected chi connectivity index (χ4v) is 5.30. The van der Waals surface area contributed by atoms with E-state index in [9.17, 15) is 19.4 Å². The number of carbonyl (C=O) groups excluding carboxylic acids is 1. The second-order valence-corrected chi connectivity index (χ2v) is 9.71. The largest absolute Gasteiger partial charge is 0.507 e. The minimum absolute atomic E-state index is 0.0599. The van der Waals surface area contributed by atoms with Gasteiger partial charge in [-0.05, 0) is 82.4 Å². The Hall–Kier alpha value is -3.85. The lowest BCUT2D eigenvalue weighted by Gasteiger charge is -2.27. The van der Waals surface area contributed by atoms with Gasteiger partial charge < -0.3 is 19.8 Å². The molecule has 1 aromatic heterocycles. The van der Waals surface area contributed by atoms with Crippen molar-refractivity contribution in [1.29, 1.82) is 0 Å². The molecule has 4 aromatic rings. The van der Waals surface area contributed by atoms with E-state index in [0.717, 1.165) is 16.7 Å². The van der Waals surface area contributed by atoms with E-state index in [1.807, 2.05) is 19.9 Å². The lowest BCUT2D eigenvalue weighted by molar-refractivity contribution is 0.0730. The highest BCUT2D eigenvalue weighted by atomic mass is 79.9. The number of aryl methyl sites for hydroxylation is 2. The van der Waals surface area contributed by atoms with E-state index in [1.165, 1.54) is 19.2 Å². The van der Waals surface area contributed by atoms with Crippen LogP contribution in [0.25, 0.3) is 11.3 Å². The van der Waals surface area contributed by atoms with Gasteiger partial charge in [0.15, 0.2) is 11.5 Å². The molecule has 0 bridgehead atoms. The van der Waals surface area contributed by atoms with Gasteiger partial charge in [-0.1, -0.05) is 18.2 Å². The number of H-pyrrole nitrogens is 1. The number of rotatable bonds is 5. The lowest BCUT2D eigenvalue weighted by atomic mass is 9.93. The lowest BCUT2D eigenvalue weighted by Crippen LogP contribution is -2.29. The molecular formula is C27H23BrFN3O4. The molecule has 3 aromatic carbocycles. The molecule has 1 atom stereocenters. The van der Waals surface area contributed by atoms with E-state index in [-0.39, 0.29) is 35.5 Å². The Morgan fingerprint density at radius 3 is 2.53 bits per heavy atom. The van der Waals surface area contributed by atoms with Crippen LogP contribution in [0.1, 0.15) is 44.3 Å². The molecule has 0 saturated heterocycles. The molecular weight excluding hydrogens is 529 g/mol. The summed E-state index contributed by atoms with van der Waals surface area (Å²) in [6.45, 7) is 3.97. The fraction of sp³-hybridized carbons (Fsp3) is 0.185. The van der Waals surface area contributed by atoms with Gasteiger partial charge in [0.25, 0.3) is 5.91 Å². The monoisotopic (exact) mass is 551 g/mol. The number of halogens is 2. The summed E-state index contributed by atoms with van der Waals surface area (Å²) >= 11 is 3.38. The van der Waals surface area contributed by atoms with Crippen molar-refractivity contribution in [3.63, 3.8) is 0 Å². The van der Waals surface area contributed by atoms with Gasteiger partial charge in [-0.2, -0.15) is 5.10 Å². The molecule has 1 unspecified atom stereocenters. The van der Waals surface area contributed by atoms with Gasteiger partial charge in [0.2, 0.25) is 0 Å². The maximum absolute atomic E-state index is 13.7. The number of aromatic amines is 1. The average Bonchev–Trinajstić information content (AvgIpc) is 3.36. The molecule has 2 heterocycles. The van der Waals surface area contributed by atoms with Crippen LogP contribution in [0.5, 0.6) is 17.2 Å². The van der Waals surface area contributed by atoms with Gasteiger partial charge in [-0.3, -0.25) is 9.89 Å². The number of aromatic nitrogens is 2. The van der Waals surface area contributed by atoms with E-state index in [1.54, 1.807) is 35.2 Å². The van der Waals surface area contributed by atoms with Crippen LogP contribution < -0.4 is 4.74 Å². The van der Waals surface area contributed by atoms with Crippen molar-refractivity contribution in [2.45, 2.75) is 26.4 Å². The fourth-order valence-electron chi connectivity index (χ4n) is 4.84. The van der Waals surface area contributed by atoms with Crippen LogP contribution in [-0.2, 0) is 6.54 Å². The number of fused-ring (bicyclic) bond motifs is 1. The number of phenols is 2. The summed E-state index contributed by atoms with van der Waals surface area (Å²) in [4.78, 5) is 15.3. The number of nitrogens with zero attached hydrogens (tertiary/aromatic N) is 2. The third-order valence-corrected chi connectivity index (χ3v) is 7.02. The van der Waals surface area contributed by atoms with E-state index in [0.29, 0.717) is 32.6 Å². The highest BCUT2D eigenvalue weighted by Gasteiger charge is 2.43. The second kappa shape index (κ2) is 8.98. The number of phenolic OH excluding ortho intramolecular Hbond substituents is 2.